The second-order valence-electron chi connectivity index (χ2n) is 4.28. The maximum atomic E-state index is 10.8. The molecule has 2 atom stereocenters. The Morgan fingerprint density at radius 2 is 2.22 bits per heavy atom. The predicted octanol–water partition coefficient (Wildman–Crippen LogP) is 2.49. The Morgan fingerprint density at radius 3 is 2.72 bits per heavy atom. The van der Waals surface area contributed by atoms with Gasteiger partial charge >= 0.3 is 0 Å². The Balaban J connectivity index is 2.99. The van der Waals surface area contributed by atoms with Crippen LogP contribution in [0.5, 0.6) is 0 Å². The molecule has 1 rings (SSSR count). The highest BCUT2D eigenvalue weighted by Gasteiger charge is 2.19. The molecule has 0 saturated carbocycles. The van der Waals surface area contributed by atoms with Crippen LogP contribution in [-0.2, 0) is 0 Å². The van der Waals surface area contributed by atoms with E-state index in [1.165, 1.54) is 6.20 Å². The van der Waals surface area contributed by atoms with Crippen LogP contribution in [0.1, 0.15) is 19.4 Å². The topological polar surface area (TPSA) is 88.3 Å². The van der Waals surface area contributed by atoms with Crippen molar-refractivity contribution in [2.24, 2.45) is 5.92 Å². The van der Waals surface area contributed by atoms with Gasteiger partial charge in [0.05, 0.1) is 9.40 Å². The monoisotopic (exact) mass is 317 g/mol. The molecule has 1 aromatic heterocycles. The number of rotatable bonds is 5. The number of anilines is 1. The molecule has 7 heteroatoms. The van der Waals surface area contributed by atoms with E-state index >= 15 is 0 Å². The molecule has 0 aliphatic rings. The first kappa shape index (κ1) is 14.8. The van der Waals surface area contributed by atoms with Gasteiger partial charge in [-0.05, 0) is 35.7 Å². The van der Waals surface area contributed by atoms with Gasteiger partial charge in [0.15, 0.2) is 0 Å². The fourth-order valence-electron chi connectivity index (χ4n) is 1.37. The molecule has 0 radical (unpaired) electrons. The van der Waals surface area contributed by atoms with Gasteiger partial charge in [0.25, 0.3) is 5.69 Å². The molecule has 18 heavy (non-hydrogen) atoms. The van der Waals surface area contributed by atoms with Crippen molar-refractivity contribution in [3.05, 3.63) is 26.3 Å². The zero-order chi connectivity index (χ0) is 13.9. The lowest BCUT2D eigenvalue weighted by molar-refractivity contribution is -0.385. The van der Waals surface area contributed by atoms with Crippen molar-refractivity contribution in [1.29, 1.82) is 0 Å². The molecular weight excluding hydrogens is 302 g/mol. The number of hydrogen-bond acceptors (Lipinski definition) is 5. The third-order valence-electron chi connectivity index (χ3n) is 2.94. The van der Waals surface area contributed by atoms with Crippen LogP contribution in [0.15, 0.2) is 10.7 Å². The molecule has 2 N–H and O–H groups in total. The van der Waals surface area contributed by atoms with Gasteiger partial charge in [-0.3, -0.25) is 10.1 Å². The molecular formula is C11H16BrN3O3. The molecule has 1 aromatic rings. The third kappa shape index (κ3) is 3.17. The largest absolute Gasteiger partial charge is 0.396 e. The highest BCUT2D eigenvalue weighted by Crippen LogP contribution is 2.31. The van der Waals surface area contributed by atoms with E-state index in [1.54, 1.807) is 6.92 Å². The van der Waals surface area contributed by atoms with E-state index in [0.717, 1.165) is 0 Å². The highest BCUT2D eigenvalue weighted by molar-refractivity contribution is 9.10. The smallest absolute Gasteiger partial charge is 0.291 e. The van der Waals surface area contributed by atoms with Crippen molar-refractivity contribution >= 4 is 27.4 Å². The lowest BCUT2D eigenvalue weighted by atomic mass is 10.1. The summed E-state index contributed by atoms with van der Waals surface area (Å²) < 4.78 is 0.577. The molecule has 0 spiro atoms. The minimum Gasteiger partial charge on any atom is -0.396 e. The van der Waals surface area contributed by atoms with E-state index in [-0.39, 0.29) is 24.3 Å². The van der Waals surface area contributed by atoms with Crippen molar-refractivity contribution in [3.63, 3.8) is 0 Å². The number of nitro groups is 1. The van der Waals surface area contributed by atoms with E-state index < -0.39 is 4.92 Å². The van der Waals surface area contributed by atoms with Crippen LogP contribution in [-0.4, -0.2) is 27.7 Å². The minimum absolute atomic E-state index is 0.0136. The Kier molecular flexibility index (Phi) is 5.03. The number of aliphatic hydroxyl groups excluding tert-OH is 1. The predicted molar refractivity (Wildman–Crippen MR) is 72.7 cm³/mol. The first-order valence-electron chi connectivity index (χ1n) is 5.55. The molecule has 0 saturated heterocycles. The van der Waals surface area contributed by atoms with Crippen LogP contribution in [0.3, 0.4) is 0 Å². The summed E-state index contributed by atoms with van der Waals surface area (Å²) in [6.07, 6.45) is 1.23. The summed E-state index contributed by atoms with van der Waals surface area (Å²) in [6, 6.07) is 0.0136. The second kappa shape index (κ2) is 6.10. The van der Waals surface area contributed by atoms with Crippen LogP contribution in [0, 0.1) is 23.0 Å². The second-order valence-corrected chi connectivity index (χ2v) is 5.07. The quantitative estimate of drug-likeness (QED) is 0.643. The normalized spacial score (nSPS) is 14.1. The number of aromatic nitrogens is 1. The summed E-state index contributed by atoms with van der Waals surface area (Å²) in [4.78, 5) is 14.3. The maximum Gasteiger partial charge on any atom is 0.291 e. The van der Waals surface area contributed by atoms with E-state index in [1.807, 2.05) is 13.8 Å². The molecule has 0 aliphatic heterocycles. The van der Waals surface area contributed by atoms with E-state index in [4.69, 9.17) is 5.11 Å². The van der Waals surface area contributed by atoms with Gasteiger partial charge in [0.1, 0.15) is 12.0 Å². The average Bonchev–Trinajstić information content (AvgIpc) is 2.33. The summed E-state index contributed by atoms with van der Waals surface area (Å²) in [7, 11) is 0. The Morgan fingerprint density at radius 1 is 1.61 bits per heavy atom. The zero-order valence-electron chi connectivity index (χ0n) is 10.5. The maximum absolute atomic E-state index is 10.8. The van der Waals surface area contributed by atoms with E-state index in [9.17, 15) is 10.1 Å². The SMILES string of the molecule is Cc1c([N+](=O)[O-])cnc(NC(C)C(C)CO)c1Br. The molecule has 0 aromatic carbocycles. The molecule has 100 valence electrons. The van der Waals surface area contributed by atoms with E-state index in [0.29, 0.717) is 15.9 Å². The Labute approximate surface area is 114 Å². The number of nitrogens with zero attached hydrogens (tertiary/aromatic N) is 2. The number of halogens is 1. The average molecular weight is 318 g/mol. The van der Waals surface area contributed by atoms with Gasteiger partial charge in [-0.25, -0.2) is 4.98 Å². The molecule has 0 fully saturated rings. The van der Waals surface area contributed by atoms with Crippen LogP contribution in [0.4, 0.5) is 11.5 Å². The number of nitrogens with one attached hydrogen (secondary N) is 1. The molecule has 1 heterocycles. The van der Waals surface area contributed by atoms with Gasteiger partial charge in [-0.2, -0.15) is 0 Å². The molecule has 6 nitrogen and oxygen atoms in total. The summed E-state index contributed by atoms with van der Waals surface area (Å²) in [5.74, 6) is 0.611. The summed E-state index contributed by atoms with van der Waals surface area (Å²) in [6.45, 7) is 5.56. The van der Waals surface area contributed by atoms with Gasteiger partial charge in [-0.1, -0.05) is 6.92 Å². The number of aliphatic hydroxyl groups is 1. The molecule has 0 aliphatic carbocycles. The fourth-order valence-corrected chi connectivity index (χ4v) is 1.79. The third-order valence-corrected chi connectivity index (χ3v) is 3.91. The van der Waals surface area contributed by atoms with Gasteiger partial charge in [0, 0.05) is 18.2 Å². The molecule has 2 unspecified atom stereocenters. The summed E-state index contributed by atoms with van der Waals surface area (Å²) in [5.41, 5.74) is 0.511. The zero-order valence-corrected chi connectivity index (χ0v) is 12.1. The highest BCUT2D eigenvalue weighted by atomic mass is 79.9. The Bertz CT molecular complexity index is 453. The van der Waals surface area contributed by atoms with Crippen LogP contribution >= 0.6 is 15.9 Å². The first-order chi connectivity index (χ1) is 8.38. The molecule has 0 bridgehead atoms. The lowest BCUT2D eigenvalue weighted by Crippen LogP contribution is -2.27. The van der Waals surface area contributed by atoms with Crippen molar-refractivity contribution in [3.8, 4) is 0 Å². The number of pyridine rings is 1. The standard InChI is InChI=1S/C11H16BrN3O3/c1-6(5-16)8(3)14-11-10(12)7(2)9(4-13-11)15(17)18/h4,6,8,16H,5H2,1-3H3,(H,13,14). The van der Waals surface area contributed by atoms with Crippen molar-refractivity contribution in [1.82, 2.24) is 4.98 Å². The number of hydrogen-bond donors (Lipinski definition) is 2. The van der Waals surface area contributed by atoms with Crippen LogP contribution in [0.25, 0.3) is 0 Å². The van der Waals surface area contributed by atoms with Gasteiger partial charge in [-0.15, -0.1) is 0 Å². The Hall–Kier alpha value is -1.21. The van der Waals surface area contributed by atoms with Gasteiger partial charge in [0.2, 0.25) is 0 Å². The molecule has 0 amide bonds. The summed E-state index contributed by atoms with van der Waals surface area (Å²) >= 11 is 3.31. The van der Waals surface area contributed by atoms with E-state index in [2.05, 4.69) is 26.2 Å². The minimum atomic E-state index is -0.462. The van der Waals surface area contributed by atoms with Gasteiger partial charge < -0.3 is 10.4 Å². The van der Waals surface area contributed by atoms with Crippen LogP contribution < -0.4 is 5.32 Å². The van der Waals surface area contributed by atoms with Crippen molar-refractivity contribution in [2.75, 3.05) is 11.9 Å². The van der Waals surface area contributed by atoms with Crippen molar-refractivity contribution < 1.29 is 10.0 Å². The van der Waals surface area contributed by atoms with Crippen LogP contribution in [0.2, 0.25) is 0 Å². The first-order valence-corrected chi connectivity index (χ1v) is 6.34. The van der Waals surface area contributed by atoms with Crippen molar-refractivity contribution in [2.45, 2.75) is 26.8 Å². The summed E-state index contributed by atoms with van der Waals surface area (Å²) in [5, 5.41) is 22.9. The fraction of sp³-hybridized carbons (Fsp3) is 0.545. The lowest BCUT2D eigenvalue weighted by Gasteiger charge is -2.20.